The van der Waals surface area contributed by atoms with E-state index in [4.69, 9.17) is 10.8 Å². The molecule has 6 heteroatoms. The van der Waals surface area contributed by atoms with Gasteiger partial charge in [0.1, 0.15) is 12.0 Å². The molecule has 0 spiro atoms. The van der Waals surface area contributed by atoms with Crippen molar-refractivity contribution in [1.29, 1.82) is 0 Å². The second kappa shape index (κ2) is 6.26. The van der Waals surface area contributed by atoms with Crippen LogP contribution in [-0.2, 0) is 4.79 Å². The van der Waals surface area contributed by atoms with E-state index in [1.807, 2.05) is 12.3 Å². The smallest absolute Gasteiger partial charge is 0.309 e. The lowest BCUT2D eigenvalue weighted by molar-refractivity contribution is -0.138. The summed E-state index contributed by atoms with van der Waals surface area (Å²) in [6.45, 7) is 4.54. The fraction of sp³-hybridized carbons (Fsp3) is 0.444. The van der Waals surface area contributed by atoms with Gasteiger partial charge in [-0.25, -0.2) is 9.37 Å². The minimum absolute atomic E-state index is 0.218. The Bertz CT molecular complexity index is 759. The molecular weight excluding hydrogens is 309 g/mol. The topological polar surface area (TPSA) is 79.5 Å². The molecule has 3 N–H and O–H groups in total. The number of alkyl halides is 1. The first-order chi connectivity index (χ1) is 11.4. The van der Waals surface area contributed by atoms with E-state index in [1.54, 1.807) is 0 Å². The van der Waals surface area contributed by atoms with Gasteiger partial charge in [-0.1, -0.05) is 6.07 Å². The van der Waals surface area contributed by atoms with Gasteiger partial charge in [-0.2, -0.15) is 0 Å². The molecule has 2 heterocycles. The number of nitrogens with two attached hydrogens (primary N) is 1. The van der Waals surface area contributed by atoms with Crippen molar-refractivity contribution < 1.29 is 14.3 Å². The minimum atomic E-state index is -1.06. The number of hydrogen-bond acceptors (Lipinski definition) is 4. The summed E-state index contributed by atoms with van der Waals surface area (Å²) in [6.07, 6.45) is 2.29. The first kappa shape index (κ1) is 16.5. The fourth-order valence-corrected chi connectivity index (χ4v) is 3.25. The summed E-state index contributed by atoms with van der Waals surface area (Å²) in [4.78, 5) is 16.3. The molecular formula is C18H22FN3O2. The Kier molecular flexibility index (Phi) is 4.30. The Balaban J connectivity index is 0.000000203. The zero-order chi connectivity index (χ0) is 17.4. The summed E-state index contributed by atoms with van der Waals surface area (Å²) in [5.41, 5.74) is 6.97. The summed E-state index contributed by atoms with van der Waals surface area (Å²) in [7, 11) is 0. The van der Waals surface area contributed by atoms with Crippen molar-refractivity contribution in [3.8, 4) is 0 Å². The van der Waals surface area contributed by atoms with E-state index < -0.39 is 18.1 Å². The van der Waals surface area contributed by atoms with Gasteiger partial charge in [-0.15, -0.1) is 0 Å². The molecule has 1 saturated heterocycles. The fourth-order valence-electron chi connectivity index (χ4n) is 3.25. The van der Waals surface area contributed by atoms with Crippen molar-refractivity contribution in [1.82, 2.24) is 4.98 Å². The second-order valence-electron chi connectivity index (χ2n) is 6.68. The third-order valence-electron chi connectivity index (χ3n) is 4.69. The molecule has 4 rings (SSSR count). The maximum absolute atomic E-state index is 11.6. The first-order valence-corrected chi connectivity index (χ1v) is 8.17. The van der Waals surface area contributed by atoms with Crippen molar-refractivity contribution in [3.63, 3.8) is 0 Å². The van der Waals surface area contributed by atoms with Crippen LogP contribution in [-0.4, -0.2) is 34.3 Å². The number of carboxylic acids is 1. The number of fused-ring (bicyclic) bond motifs is 1. The van der Waals surface area contributed by atoms with Gasteiger partial charge in [-0.3, -0.25) is 4.79 Å². The van der Waals surface area contributed by atoms with Crippen LogP contribution in [0.15, 0.2) is 30.5 Å². The lowest BCUT2D eigenvalue weighted by Crippen LogP contribution is -2.53. The molecule has 4 atom stereocenters. The van der Waals surface area contributed by atoms with Crippen molar-refractivity contribution in [2.75, 3.05) is 10.6 Å². The second-order valence-corrected chi connectivity index (χ2v) is 6.68. The average molecular weight is 331 g/mol. The van der Waals surface area contributed by atoms with Gasteiger partial charge in [0, 0.05) is 29.4 Å². The van der Waals surface area contributed by atoms with E-state index in [9.17, 15) is 9.18 Å². The highest BCUT2D eigenvalue weighted by Crippen LogP contribution is 2.34. The van der Waals surface area contributed by atoms with Crippen LogP contribution in [0.4, 0.5) is 15.9 Å². The molecule has 2 unspecified atom stereocenters. The van der Waals surface area contributed by atoms with Crippen molar-refractivity contribution >= 4 is 28.2 Å². The molecule has 24 heavy (non-hydrogen) atoms. The van der Waals surface area contributed by atoms with Gasteiger partial charge in [0.15, 0.2) is 0 Å². The standard InChI is InChI=1S/C14H17N3.C4H5FO2/c1-9-5-10(2)17(9)13-4-3-11-7-14(15)16-8-12(11)6-13;5-3-1-2(3)4(6)7/h3-4,6-10H,5H2,1-2H3,(H2,15,16);2-3H,1H2,(H,6,7)/t;2-,3+/m.1/s1. The Morgan fingerprint density at radius 3 is 2.42 bits per heavy atom. The lowest BCUT2D eigenvalue weighted by atomic mass is 9.94. The van der Waals surface area contributed by atoms with Crippen molar-refractivity contribution in [2.24, 2.45) is 5.92 Å². The Labute approximate surface area is 140 Å². The van der Waals surface area contributed by atoms with Crippen LogP contribution < -0.4 is 10.6 Å². The number of carboxylic acid groups (broad SMARTS) is 1. The molecule has 1 aliphatic carbocycles. The number of nitrogen functional groups attached to an aromatic ring is 1. The molecule has 5 nitrogen and oxygen atoms in total. The van der Waals surface area contributed by atoms with Crippen molar-refractivity contribution in [3.05, 3.63) is 30.5 Å². The quantitative estimate of drug-likeness (QED) is 0.883. The summed E-state index contributed by atoms with van der Waals surface area (Å²) >= 11 is 0. The van der Waals surface area contributed by atoms with E-state index >= 15 is 0 Å². The average Bonchev–Trinajstić information content (AvgIpc) is 3.25. The number of carbonyl (C=O) groups is 1. The van der Waals surface area contributed by atoms with Crippen LogP contribution in [0.25, 0.3) is 10.8 Å². The van der Waals surface area contributed by atoms with Crippen LogP contribution in [0.2, 0.25) is 0 Å². The molecule has 0 amide bonds. The highest BCUT2D eigenvalue weighted by Gasteiger charge is 2.43. The monoisotopic (exact) mass is 331 g/mol. The minimum Gasteiger partial charge on any atom is -0.481 e. The molecule has 128 valence electrons. The number of aromatic nitrogens is 1. The first-order valence-electron chi connectivity index (χ1n) is 8.17. The van der Waals surface area contributed by atoms with Gasteiger partial charge in [0.05, 0.1) is 5.92 Å². The molecule has 0 radical (unpaired) electrons. The highest BCUT2D eigenvalue weighted by atomic mass is 19.1. The predicted octanol–water partition coefficient (Wildman–Crippen LogP) is 3.23. The Morgan fingerprint density at radius 2 is 1.92 bits per heavy atom. The normalized spacial score (nSPS) is 27.9. The van der Waals surface area contributed by atoms with E-state index in [1.165, 1.54) is 12.1 Å². The Hall–Kier alpha value is -2.37. The number of benzene rings is 1. The Morgan fingerprint density at radius 1 is 1.25 bits per heavy atom. The summed E-state index contributed by atoms with van der Waals surface area (Å²) in [6, 6.07) is 9.71. The van der Waals surface area contributed by atoms with E-state index in [-0.39, 0.29) is 6.42 Å². The van der Waals surface area contributed by atoms with Crippen LogP contribution in [0, 0.1) is 5.92 Å². The van der Waals surface area contributed by atoms with Crippen LogP contribution in [0.3, 0.4) is 0 Å². The number of pyridine rings is 1. The van der Waals surface area contributed by atoms with Gasteiger partial charge in [0.2, 0.25) is 0 Å². The third-order valence-corrected chi connectivity index (χ3v) is 4.69. The summed E-state index contributed by atoms with van der Waals surface area (Å²) < 4.78 is 11.6. The summed E-state index contributed by atoms with van der Waals surface area (Å²) in [5.74, 6) is -1.11. The highest BCUT2D eigenvalue weighted by molar-refractivity contribution is 5.87. The number of anilines is 2. The van der Waals surface area contributed by atoms with Gasteiger partial charge in [0.25, 0.3) is 0 Å². The number of nitrogens with zero attached hydrogens (tertiary/aromatic N) is 2. The number of rotatable bonds is 2. The predicted molar refractivity (Wildman–Crippen MR) is 92.8 cm³/mol. The summed E-state index contributed by atoms with van der Waals surface area (Å²) in [5, 5.41) is 10.3. The van der Waals surface area contributed by atoms with E-state index in [0.717, 1.165) is 10.8 Å². The molecule has 1 saturated carbocycles. The van der Waals surface area contributed by atoms with Crippen LogP contribution in [0.5, 0.6) is 0 Å². The zero-order valence-electron chi connectivity index (χ0n) is 13.8. The zero-order valence-corrected chi connectivity index (χ0v) is 13.8. The lowest BCUT2D eigenvalue weighted by Gasteiger charge is -2.47. The van der Waals surface area contributed by atoms with Crippen LogP contribution >= 0.6 is 0 Å². The number of hydrogen-bond donors (Lipinski definition) is 2. The van der Waals surface area contributed by atoms with Crippen LogP contribution in [0.1, 0.15) is 26.7 Å². The molecule has 2 aliphatic rings. The maximum atomic E-state index is 11.6. The molecule has 2 fully saturated rings. The van der Waals surface area contributed by atoms with Crippen molar-refractivity contribution in [2.45, 2.75) is 44.9 Å². The molecule has 2 aromatic rings. The van der Waals surface area contributed by atoms with Gasteiger partial charge >= 0.3 is 5.97 Å². The van der Waals surface area contributed by atoms with Gasteiger partial charge in [-0.05, 0) is 50.3 Å². The SMILES string of the molecule is CC1CC(C)N1c1ccc2cc(N)ncc2c1.O=C(O)[C@@H]1C[C@@H]1F. The number of halogens is 1. The largest absolute Gasteiger partial charge is 0.481 e. The van der Waals surface area contributed by atoms with E-state index in [2.05, 4.69) is 41.9 Å². The molecule has 1 aromatic heterocycles. The molecule has 1 aromatic carbocycles. The molecule has 1 aliphatic heterocycles. The van der Waals surface area contributed by atoms with Gasteiger partial charge < -0.3 is 15.7 Å². The number of aliphatic carboxylic acids is 1. The maximum Gasteiger partial charge on any atom is 0.309 e. The van der Waals surface area contributed by atoms with E-state index in [0.29, 0.717) is 17.9 Å². The third kappa shape index (κ3) is 3.27. The molecule has 0 bridgehead atoms.